The van der Waals surface area contributed by atoms with Gasteiger partial charge in [0.05, 0.1) is 6.61 Å². The first-order chi connectivity index (χ1) is 14.1. The largest absolute Gasteiger partial charge is 0.449 e. The lowest BCUT2D eigenvalue weighted by Gasteiger charge is -2.25. The number of hydrogen-bond donors (Lipinski definition) is 3. The molecule has 0 spiro atoms. The number of hydrogen-bond acceptors (Lipinski definition) is 4. The fraction of sp³-hybridized carbons (Fsp3) is 0.522. The van der Waals surface area contributed by atoms with Crippen LogP contribution in [0.3, 0.4) is 0 Å². The molecule has 2 atom stereocenters. The molecule has 0 fully saturated rings. The van der Waals surface area contributed by atoms with Crippen LogP contribution in [0.4, 0.5) is 4.79 Å². The highest BCUT2D eigenvalue weighted by Crippen LogP contribution is 2.06. The van der Waals surface area contributed by atoms with Crippen LogP contribution in [0, 0.1) is 31.1 Å². The van der Waals surface area contributed by atoms with Gasteiger partial charge in [-0.15, -0.1) is 12.3 Å². The number of benzene rings is 1. The Morgan fingerprint density at radius 2 is 1.70 bits per heavy atom. The fourth-order valence-corrected chi connectivity index (χ4v) is 2.50. The van der Waals surface area contributed by atoms with E-state index in [1.54, 1.807) is 12.1 Å². The molecule has 0 radical (unpaired) electrons. The van der Waals surface area contributed by atoms with Crippen molar-refractivity contribution < 1.29 is 19.1 Å². The second kappa shape index (κ2) is 12.5. The van der Waals surface area contributed by atoms with E-state index in [-0.39, 0.29) is 43.4 Å². The van der Waals surface area contributed by atoms with Crippen molar-refractivity contribution in [2.75, 3.05) is 13.2 Å². The van der Waals surface area contributed by atoms with Crippen LogP contribution in [0.5, 0.6) is 0 Å². The summed E-state index contributed by atoms with van der Waals surface area (Å²) in [5.41, 5.74) is 1.62. The number of nitrogens with one attached hydrogen (secondary N) is 3. The Morgan fingerprint density at radius 1 is 1.07 bits per heavy atom. The van der Waals surface area contributed by atoms with Crippen molar-refractivity contribution in [2.45, 2.75) is 53.1 Å². The van der Waals surface area contributed by atoms with E-state index in [0.717, 1.165) is 5.56 Å². The topological polar surface area (TPSA) is 96.5 Å². The molecule has 1 aromatic rings. The van der Waals surface area contributed by atoms with Crippen molar-refractivity contribution in [2.24, 2.45) is 11.8 Å². The van der Waals surface area contributed by atoms with Gasteiger partial charge in [0.15, 0.2) is 0 Å². The lowest BCUT2D eigenvalue weighted by atomic mass is 10.0. The molecule has 1 aromatic carbocycles. The predicted molar refractivity (Wildman–Crippen MR) is 117 cm³/mol. The smallest absolute Gasteiger partial charge is 0.407 e. The van der Waals surface area contributed by atoms with Crippen molar-refractivity contribution in [3.05, 3.63) is 35.4 Å². The number of alkyl carbamates (subject to hydrolysis) is 1. The Bertz CT molecular complexity index is 751. The molecule has 7 nitrogen and oxygen atoms in total. The van der Waals surface area contributed by atoms with Gasteiger partial charge in [0.1, 0.15) is 6.04 Å². The molecule has 30 heavy (non-hydrogen) atoms. The van der Waals surface area contributed by atoms with Crippen molar-refractivity contribution in [1.29, 1.82) is 0 Å². The highest BCUT2D eigenvalue weighted by molar-refractivity contribution is 5.94. The van der Waals surface area contributed by atoms with Gasteiger partial charge >= 0.3 is 6.09 Å². The molecule has 0 saturated carbocycles. The standard InChI is InChI=1S/C23H33N3O4/c1-7-8-19(26-23(29)30-14-15(2)3)22(28)25-20(16(4)5)13-24-21(27)18-11-9-17(6)10-12-18/h1,9-12,15-16,19-20H,8,13-14H2,2-6H3,(H,24,27)(H,25,28)(H,26,29)/t19-,20+/m0/s1. The van der Waals surface area contributed by atoms with E-state index in [9.17, 15) is 14.4 Å². The average Bonchev–Trinajstić information content (AvgIpc) is 2.69. The number of carbonyl (C=O) groups excluding carboxylic acids is 3. The second-order valence-electron chi connectivity index (χ2n) is 8.03. The van der Waals surface area contributed by atoms with Crippen LogP contribution >= 0.6 is 0 Å². The van der Waals surface area contributed by atoms with Crippen LogP contribution in [0.2, 0.25) is 0 Å². The lowest BCUT2D eigenvalue weighted by molar-refractivity contribution is -0.124. The zero-order chi connectivity index (χ0) is 22.7. The number of terminal acetylenes is 1. The molecule has 7 heteroatoms. The Hall–Kier alpha value is -3.01. The Kier molecular flexibility index (Phi) is 10.5. The van der Waals surface area contributed by atoms with E-state index in [1.165, 1.54) is 0 Å². The summed E-state index contributed by atoms with van der Waals surface area (Å²) in [5, 5.41) is 8.22. The van der Waals surface area contributed by atoms with Crippen molar-refractivity contribution in [3.8, 4) is 12.3 Å². The summed E-state index contributed by atoms with van der Waals surface area (Å²) in [6, 6.07) is 5.99. The van der Waals surface area contributed by atoms with Gasteiger partial charge in [-0.3, -0.25) is 9.59 Å². The Morgan fingerprint density at radius 3 is 2.23 bits per heavy atom. The third-order valence-corrected chi connectivity index (χ3v) is 4.41. The van der Waals surface area contributed by atoms with Gasteiger partial charge in [0, 0.05) is 24.6 Å². The van der Waals surface area contributed by atoms with Crippen LogP contribution < -0.4 is 16.0 Å². The summed E-state index contributed by atoms with van der Waals surface area (Å²) in [7, 11) is 0. The minimum absolute atomic E-state index is 0.0309. The number of amides is 3. The van der Waals surface area contributed by atoms with Gasteiger partial charge in [-0.05, 0) is 30.9 Å². The zero-order valence-electron chi connectivity index (χ0n) is 18.5. The Labute approximate surface area is 179 Å². The maximum Gasteiger partial charge on any atom is 0.407 e. The first-order valence-corrected chi connectivity index (χ1v) is 10.2. The van der Waals surface area contributed by atoms with Gasteiger partial charge in [-0.25, -0.2) is 4.79 Å². The molecule has 3 N–H and O–H groups in total. The van der Waals surface area contributed by atoms with Gasteiger partial charge in [-0.1, -0.05) is 45.4 Å². The molecule has 0 aliphatic heterocycles. The van der Waals surface area contributed by atoms with Crippen molar-refractivity contribution >= 4 is 17.9 Å². The molecule has 3 amide bonds. The Balaban J connectivity index is 2.68. The van der Waals surface area contributed by atoms with Crippen molar-refractivity contribution in [3.63, 3.8) is 0 Å². The zero-order valence-corrected chi connectivity index (χ0v) is 18.5. The molecule has 1 rings (SSSR count). The number of rotatable bonds is 10. The monoisotopic (exact) mass is 415 g/mol. The van der Waals surface area contributed by atoms with Gasteiger partial charge in [-0.2, -0.15) is 0 Å². The van der Waals surface area contributed by atoms with E-state index < -0.39 is 18.0 Å². The molecule has 0 aliphatic carbocycles. The molecule has 0 aliphatic rings. The fourth-order valence-electron chi connectivity index (χ4n) is 2.50. The highest BCUT2D eigenvalue weighted by Gasteiger charge is 2.25. The molecular weight excluding hydrogens is 382 g/mol. The summed E-state index contributed by atoms with van der Waals surface area (Å²) in [6.45, 7) is 10.1. The molecule has 0 heterocycles. The summed E-state index contributed by atoms with van der Waals surface area (Å²) in [4.78, 5) is 37.0. The van der Waals surface area contributed by atoms with Gasteiger partial charge in [0.25, 0.3) is 5.91 Å². The molecule has 0 aromatic heterocycles. The van der Waals surface area contributed by atoms with Crippen LogP contribution in [0.15, 0.2) is 24.3 Å². The summed E-state index contributed by atoms with van der Waals surface area (Å²) in [6.07, 6.45) is 4.69. The average molecular weight is 416 g/mol. The van der Waals surface area contributed by atoms with E-state index in [4.69, 9.17) is 11.2 Å². The first-order valence-electron chi connectivity index (χ1n) is 10.2. The first kappa shape index (κ1) is 25.0. The van der Waals surface area contributed by atoms with E-state index >= 15 is 0 Å². The van der Waals surface area contributed by atoms with Crippen LogP contribution in [0.1, 0.15) is 50.0 Å². The van der Waals surface area contributed by atoms with E-state index in [2.05, 4.69) is 21.9 Å². The second-order valence-corrected chi connectivity index (χ2v) is 8.03. The highest BCUT2D eigenvalue weighted by atomic mass is 16.5. The normalized spacial score (nSPS) is 12.6. The van der Waals surface area contributed by atoms with Crippen molar-refractivity contribution in [1.82, 2.24) is 16.0 Å². The van der Waals surface area contributed by atoms with Crippen LogP contribution in [-0.4, -0.2) is 43.1 Å². The molecule has 0 saturated heterocycles. The molecule has 0 bridgehead atoms. The lowest BCUT2D eigenvalue weighted by Crippen LogP contribution is -2.53. The summed E-state index contributed by atoms with van der Waals surface area (Å²) in [5.74, 6) is 1.99. The number of aryl methyl sites for hydroxylation is 1. The number of ether oxygens (including phenoxy) is 1. The number of carbonyl (C=O) groups is 3. The summed E-state index contributed by atoms with van der Waals surface area (Å²) < 4.78 is 5.06. The third kappa shape index (κ3) is 8.99. The SMILES string of the molecule is C#CC[C@H](NC(=O)OCC(C)C)C(=O)N[C@H](CNC(=O)c1ccc(C)cc1)C(C)C. The molecule has 164 valence electrons. The van der Waals surface area contributed by atoms with E-state index in [0.29, 0.717) is 5.56 Å². The predicted octanol–water partition coefficient (Wildman–Crippen LogP) is 2.64. The maximum atomic E-state index is 12.7. The minimum atomic E-state index is -0.913. The van der Waals surface area contributed by atoms with Crippen LogP contribution in [0.25, 0.3) is 0 Å². The third-order valence-electron chi connectivity index (χ3n) is 4.41. The van der Waals surface area contributed by atoms with Crippen LogP contribution in [-0.2, 0) is 9.53 Å². The quantitative estimate of drug-likeness (QED) is 0.512. The van der Waals surface area contributed by atoms with Gasteiger partial charge < -0.3 is 20.7 Å². The summed E-state index contributed by atoms with van der Waals surface area (Å²) >= 11 is 0. The molecular formula is C23H33N3O4. The molecule has 0 unspecified atom stereocenters. The van der Waals surface area contributed by atoms with E-state index in [1.807, 2.05) is 46.8 Å². The minimum Gasteiger partial charge on any atom is -0.449 e. The van der Waals surface area contributed by atoms with Gasteiger partial charge in [0.2, 0.25) is 5.91 Å². The maximum absolute atomic E-state index is 12.7.